The molecule has 0 saturated carbocycles. The number of benzene rings is 1. The Kier molecular flexibility index (Phi) is 5.39. The third-order valence-electron chi connectivity index (χ3n) is 2.88. The molecular formula is C14H16BrClN2S. The van der Waals surface area contributed by atoms with Gasteiger partial charge < -0.3 is 5.32 Å². The van der Waals surface area contributed by atoms with Crippen LogP contribution >= 0.6 is 38.9 Å². The lowest BCUT2D eigenvalue weighted by molar-refractivity contribution is 0.545. The van der Waals surface area contributed by atoms with Gasteiger partial charge in [0.05, 0.1) is 15.7 Å². The lowest BCUT2D eigenvalue weighted by Crippen LogP contribution is -2.23. The van der Waals surface area contributed by atoms with Gasteiger partial charge in [-0.1, -0.05) is 24.6 Å². The van der Waals surface area contributed by atoms with Crippen molar-refractivity contribution in [3.63, 3.8) is 0 Å². The summed E-state index contributed by atoms with van der Waals surface area (Å²) in [5, 5.41) is 7.49. The van der Waals surface area contributed by atoms with Crippen molar-refractivity contribution in [2.45, 2.75) is 26.3 Å². The molecule has 1 heterocycles. The number of thiazole rings is 1. The maximum absolute atomic E-state index is 6.05. The van der Waals surface area contributed by atoms with E-state index in [-0.39, 0.29) is 6.04 Å². The lowest BCUT2D eigenvalue weighted by Gasteiger charge is -2.18. The van der Waals surface area contributed by atoms with Crippen LogP contribution in [-0.2, 0) is 6.42 Å². The highest BCUT2D eigenvalue weighted by molar-refractivity contribution is 9.10. The van der Waals surface area contributed by atoms with E-state index in [9.17, 15) is 0 Å². The number of likely N-dealkylation sites (N-methyl/N-ethyl adjacent to an activating group) is 1. The number of hydrogen-bond acceptors (Lipinski definition) is 3. The molecule has 0 aliphatic heterocycles. The van der Waals surface area contributed by atoms with Crippen molar-refractivity contribution >= 4 is 38.9 Å². The molecule has 0 saturated heterocycles. The Balaban J connectivity index is 2.21. The molecule has 0 bridgehead atoms. The molecule has 1 atom stereocenters. The smallest absolute Gasteiger partial charge is 0.0897 e. The van der Waals surface area contributed by atoms with E-state index in [0.717, 1.165) is 33.2 Å². The molecule has 0 spiro atoms. The number of aryl methyl sites for hydroxylation is 1. The van der Waals surface area contributed by atoms with Crippen molar-refractivity contribution < 1.29 is 0 Å². The molecule has 102 valence electrons. The van der Waals surface area contributed by atoms with E-state index in [4.69, 9.17) is 11.6 Å². The second kappa shape index (κ2) is 6.84. The molecule has 2 nitrogen and oxygen atoms in total. The summed E-state index contributed by atoms with van der Waals surface area (Å²) in [6, 6.07) is 6.34. The first kappa shape index (κ1) is 15.0. The van der Waals surface area contributed by atoms with Gasteiger partial charge in [0, 0.05) is 22.3 Å². The third-order valence-corrected chi connectivity index (χ3v) is 4.91. The van der Waals surface area contributed by atoms with Crippen molar-refractivity contribution in [2.24, 2.45) is 0 Å². The summed E-state index contributed by atoms with van der Waals surface area (Å²) < 4.78 is 0.934. The van der Waals surface area contributed by atoms with Crippen LogP contribution < -0.4 is 5.32 Å². The molecular weight excluding hydrogens is 344 g/mol. The first-order chi connectivity index (χ1) is 9.10. The van der Waals surface area contributed by atoms with Gasteiger partial charge in [0.15, 0.2) is 0 Å². The molecule has 1 aromatic heterocycles. The minimum absolute atomic E-state index is 0.264. The van der Waals surface area contributed by atoms with Gasteiger partial charge in [0.25, 0.3) is 0 Å². The maximum Gasteiger partial charge on any atom is 0.0897 e. The number of nitrogens with zero attached hydrogens (tertiary/aromatic N) is 1. The molecule has 0 aliphatic carbocycles. The lowest BCUT2D eigenvalue weighted by atomic mass is 10.0. The van der Waals surface area contributed by atoms with E-state index < -0.39 is 0 Å². The van der Waals surface area contributed by atoms with E-state index in [1.165, 1.54) is 5.56 Å². The van der Waals surface area contributed by atoms with E-state index in [2.05, 4.69) is 50.7 Å². The molecule has 1 unspecified atom stereocenters. The van der Waals surface area contributed by atoms with E-state index in [0.29, 0.717) is 0 Å². The Morgan fingerprint density at radius 2 is 2.26 bits per heavy atom. The fourth-order valence-corrected chi connectivity index (χ4v) is 3.13. The van der Waals surface area contributed by atoms with Crippen LogP contribution in [-0.4, -0.2) is 11.5 Å². The number of hydrogen-bond donors (Lipinski definition) is 1. The number of rotatable bonds is 5. The van der Waals surface area contributed by atoms with Crippen LogP contribution in [0.15, 0.2) is 28.1 Å². The zero-order valence-electron chi connectivity index (χ0n) is 10.9. The summed E-state index contributed by atoms with van der Waals surface area (Å²) >= 11 is 11.2. The molecule has 0 aliphatic rings. The SMILES string of the molecule is CCNC(Cc1csc(C)n1)c1ccc(Cl)c(Br)c1. The largest absolute Gasteiger partial charge is 0.310 e. The second-order valence-electron chi connectivity index (χ2n) is 4.35. The van der Waals surface area contributed by atoms with Crippen LogP contribution in [0.25, 0.3) is 0 Å². The third kappa shape index (κ3) is 4.02. The highest BCUT2D eigenvalue weighted by Gasteiger charge is 2.14. The van der Waals surface area contributed by atoms with Gasteiger partial charge in [-0.2, -0.15) is 0 Å². The summed E-state index contributed by atoms with van der Waals surface area (Å²) in [6.07, 6.45) is 0.895. The quantitative estimate of drug-likeness (QED) is 0.832. The maximum atomic E-state index is 6.05. The predicted octanol–water partition coefficient (Wildman–Crippen LogP) is 4.76. The first-order valence-electron chi connectivity index (χ1n) is 6.19. The van der Waals surface area contributed by atoms with Gasteiger partial charge in [0.2, 0.25) is 0 Å². The minimum atomic E-state index is 0.264. The van der Waals surface area contributed by atoms with Crippen LogP contribution in [0.2, 0.25) is 5.02 Å². The predicted molar refractivity (Wildman–Crippen MR) is 86.1 cm³/mol. The highest BCUT2D eigenvalue weighted by Crippen LogP contribution is 2.27. The molecule has 5 heteroatoms. The van der Waals surface area contributed by atoms with Gasteiger partial charge in [-0.25, -0.2) is 4.98 Å². The molecule has 0 amide bonds. The summed E-state index contributed by atoms with van der Waals surface area (Å²) in [4.78, 5) is 4.54. The van der Waals surface area contributed by atoms with E-state index >= 15 is 0 Å². The van der Waals surface area contributed by atoms with Gasteiger partial charge in [-0.3, -0.25) is 0 Å². The second-order valence-corrected chi connectivity index (χ2v) is 6.67. The van der Waals surface area contributed by atoms with Crippen LogP contribution in [0.3, 0.4) is 0 Å². The zero-order chi connectivity index (χ0) is 13.8. The molecule has 1 N–H and O–H groups in total. The minimum Gasteiger partial charge on any atom is -0.310 e. The number of halogens is 2. The average Bonchev–Trinajstić information content (AvgIpc) is 2.78. The average molecular weight is 360 g/mol. The fourth-order valence-electron chi connectivity index (χ4n) is 1.99. The van der Waals surface area contributed by atoms with Crippen molar-refractivity contribution in [1.29, 1.82) is 0 Å². The van der Waals surface area contributed by atoms with Crippen LogP contribution in [0.1, 0.15) is 29.2 Å². The first-order valence-corrected chi connectivity index (χ1v) is 8.24. The molecule has 2 aromatic rings. The topological polar surface area (TPSA) is 24.9 Å². The molecule has 1 aromatic carbocycles. The highest BCUT2D eigenvalue weighted by atomic mass is 79.9. The Labute approximate surface area is 131 Å². The van der Waals surface area contributed by atoms with Crippen LogP contribution in [0.4, 0.5) is 0 Å². The number of aromatic nitrogens is 1. The molecule has 19 heavy (non-hydrogen) atoms. The molecule has 0 fully saturated rings. The summed E-state index contributed by atoms with van der Waals surface area (Å²) in [6.45, 7) is 5.08. The van der Waals surface area contributed by atoms with Crippen molar-refractivity contribution in [1.82, 2.24) is 10.3 Å². The Bertz CT molecular complexity index is 556. The van der Waals surface area contributed by atoms with Crippen molar-refractivity contribution in [3.05, 3.63) is 49.3 Å². The number of nitrogens with one attached hydrogen (secondary N) is 1. The normalized spacial score (nSPS) is 12.6. The van der Waals surface area contributed by atoms with Crippen LogP contribution in [0.5, 0.6) is 0 Å². The monoisotopic (exact) mass is 358 g/mol. The Morgan fingerprint density at radius 3 is 2.84 bits per heavy atom. The van der Waals surface area contributed by atoms with Gasteiger partial charge in [-0.05, 0) is 47.1 Å². The van der Waals surface area contributed by atoms with E-state index in [1.54, 1.807) is 11.3 Å². The fraction of sp³-hybridized carbons (Fsp3) is 0.357. The van der Waals surface area contributed by atoms with Crippen molar-refractivity contribution in [3.8, 4) is 0 Å². The molecule has 0 radical (unpaired) electrons. The summed E-state index contributed by atoms with van der Waals surface area (Å²) in [7, 11) is 0. The Hall–Kier alpha value is -0.420. The molecule has 2 rings (SSSR count). The Morgan fingerprint density at radius 1 is 1.47 bits per heavy atom. The van der Waals surface area contributed by atoms with Gasteiger partial charge >= 0.3 is 0 Å². The summed E-state index contributed by atoms with van der Waals surface area (Å²) in [5.41, 5.74) is 2.36. The van der Waals surface area contributed by atoms with Gasteiger partial charge in [-0.15, -0.1) is 11.3 Å². The van der Waals surface area contributed by atoms with Crippen molar-refractivity contribution in [2.75, 3.05) is 6.54 Å². The standard InChI is InChI=1S/C14H16BrClN2S/c1-3-17-14(7-11-8-19-9(2)18-11)10-4-5-13(16)12(15)6-10/h4-6,8,14,17H,3,7H2,1-2H3. The van der Waals surface area contributed by atoms with E-state index in [1.807, 2.05) is 13.0 Å². The van der Waals surface area contributed by atoms with Gasteiger partial charge in [0.1, 0.15) is 0 Å². The zero-order valence-corrected chi connectivity index (χ0v) is 14.1. The summed E-state index contributed by atoms with van der Waals surface area (Å²) in [5.74, 6) is 0. The van der Waals surface area contributed by atoms with Crippen LogP contribution in [0, 0.1) is 6.92 Å².